The highest BCUT2D eigenvalue weighted by Gasteiger charge is 2.13. The van der Waals surface area contributed by atoms with Crippen molar-refractivity contribution >= 4 is 21.4 Å². The molecule has 0 aliphatic carbocycles. The molecule has 6 heteroatoms. The third kappa shape index (κ3) is 3.79. The van der Waals surface area contributed by atoms with Crippen molar-refractivity contribution in [2.45, 2.75) is 10.6 Å². The van der Waals surface area contributed by atoms with E-state index >= 15 is 0 Å². The minimum atomic E-state index is -3.37. The van der Waals surface area contributed by atoms with E-state index in [4.69, 9.17) is 4.74 Å². The minimum absolute atomic E-state index is 0.346. The minimum Gasteiger partial charge on any atom is -0.497 e. The molecule has 4 nitrogen and oxygen atoms in total. The van der Waals surface area contributed by atoms with E-state index in [1.165, 1.54) is 11.3 Å². The summed E-state index contributed by atoms with van der Waals surface area (Å²) < 4.78 is 31.8. The molecule has 1 aromatic carbocycles. The van der Waals surface area contributed by atoms with Crippen molar-refractivity contribution in [3.8, 4) is 5.75 Å². The Kier molecular flexibility index (Phi) is 4.57. The topological polar surface area (TPSA) is 55.4 Å². The molecule has 1 aromatic heterocycles. The molecule has 0 saturated carbocycles. The molecule has 0 radical (unpaired) electrons. The maximum absolute atomic E-state index is 11.9. The Bertz CT molecular complexity index is 621. The Morgan fingerprint density at radius 2 is 2.11 bits per heavy atom. The predicted molar refractivity (Wildman–Crippen MR) is 76.2 cm³/mol. The Morgan fingerprint density at radius 1 is 1.26 bits per heavy atom. The number of rotatable bonds is 6. The molecule has 0 amide bonds. The van der Waals surface area contributed by atoms with Crippen molar-refractivity contribution in [3.63, 3.8) is 0 Å². The van der Waals surface area contributed by atoms with E-state index in [2.05, 4.69) is 4.72 Å². The van der Waals surface area contributed by atoms with Crippen LogP contribution in [0.25, 0.3) is 0 Å². The zero-order valence-corrected chi connectivity index (χ0v) is 12.1. The number of hydrogen-bond donors (Lipinski definition) is 1. The van der Waals surface area contributed by atoms with Crippen molar-refractivity contribution in [2.75, 3.05) is 13.7 Å². The van der Waals surface area contributed by atoms with Gasteiger partial charge in [0, 0.05) is 6.54 Å². The quantitative estimate of drug-likeness (QED) is 0.890. The van der Waals surface area contributed by atoms with Crippen LogP contribution >= 0.6 is 11.3 Å². The van der Waals surface area contributed by atoms with Crippen LogP contribution in [0.15, 0.2) is 46.0 Å². The summed E-state index contributed by atoms with van der Waals surface area (Å²) in [6, 6.07) is 10.9. The van der Waals surface area contributed by atoms with Gasteiger partial charge in [-0.05, 0) is 35.6 Å². The highest BCUT2D eigenvalue weighted by molar-refractivity contribution is 7.91. The van der Waals surface area contributed by atoms with Crippen LogP contribution in [-0.4, -0.2) is 22.1 Å². The lowest BCUT2D eigenvalue weighted by atomic mass is 10.1. The molecule has 1 N–H and O–H groups in total. The van der Waals surface area contributed by atoms with E-state index in [0.29, 0.717) is 17.2 Å². The number of thiophene rings is 1. The van der Waals surface area contributed by atoms with E-state index in [-0.39, 0.29) is 0 Å². The fraction of sp³-hybridized carbons (Fsp3) is 0.231. The second-order valence-electron chi connectivity index (χ2n) is 3.93. The Hall–Kier alpha value is -1.37. The summed E-state index contributed by atoms with van der Waals surface area (Å²) in [7, 11) is -1.76. The summed E-state index contributed by atoms with van der Waals surface area (Å²) in [5.74, 6) is 0.776. The van der Waals surface area contributed by atoms with Gasteiger partial charge in [0.05, 0.1) is 7.11 Å². The fourth-order valence-electron chi connectivity index (χ4n) is 1.65. The average Bonchev–Trinajstić information content (AvgIpc) is 2.93. The van der Waals surface area contributed by atoms with Crippen LogP contribution in [0.3, 0.4) is 0 Å². The largest absolute Gasteiger partial charge is 0.497 e. The molecule has 0 fully saturated rings. The number of nitrogens with one attached hydrogen (secondary N) is 1. The molecule has 1 heterocycles. The van der Waals surface area contributed by atoms with Gasteiger partial charge >= 0.3 is 0 Å². The van der Waals surface area contributed by atoms with E-state index in [1.807, 2.05) is 24.3 Å². The molecular weight excluding hydrogens is 282 g/mol. The van der Waals surface area contributed by atoms with Gasteiger partial charge in [-0.2, -0.15) is 0 Å². The molecule has 0 unspecified atom stereocenters. The van der Waals surface area contributed by atoms with Gasteiger partial charge in [0.15, 0.2) is 0 Å². The van der Waals surface area contributed by atoms with Gasteiger partial charge in [-0.25, -0.2) is 13.1 Å². The monoisotopic (exact) mass is 297 g/mol. The van der Waals surface area contributed by atoms with E-state index in [0.717, 1.165) is 11.3 Å². The van der Waals surface area contributed by atoms with Gasteiger partial charge in [0.25, 0.3) is 0 Å². The summed E-state index contributed by atoms with van der Waals surface area (Å²) in [6.45, 7) is 0.368. The van der Waals surface area contributed by atoms with Crippen molar-refractivity contribution in [1.82, 2.24) is 4.72 Å². The highest BCUT2D eigenvalue weighted by Crippen LogP contribution is 2.16. The van der Waals surface area contributed by atoms with Gasteiger partial charge in [-0.3, -0.25) is 0 Å². The Balaban J connectivity index is 1.93. The molecule has 0 saturated heterocycles. The van der Waals surface area contributed by atoms with Crippen molar-refractivity contribution in [3.05, 3.63) is 47.3 Å². The van der Waals surface area contributed by atoms with E-state index in [9.17, 15) is 8.42 Å². The molecule has 2 rings (SSSR count). The first-order valence-electron chi connectivity index (χ1n) is 5.78. The Morgan fingerprint density at radius 3 is 2.79 bits per heavy atom. The second kappa shape index (κ2) is 6.18. The summed E-state index contributed by atoms with van der Waals surface area (Å²) in [5, 5.41) is 1.75. The summed E-state index contributed by atoms with van der Waals surface area (Å²) >= 11 is 1.21. The Labute approximate surface area is 117 Å². The summed E-state index contributed by atoms with van der Waals surface area (Å²) in [5.41, 5.74) is 1.04. The number of hydrogen-bond acceptors (Lipinski definition) is 4. The van der Waals surface area contributed by atoms with Crippen LogP contribution in [0, 0.1) is 0 Å². The lowest BCUT2D eigenvalue weighted by molar-refractivity contribution is 0.414. The lowest BCUT2D eigenvalue weighted by Crippen LogP contribution is -2.25. The van der Waals surface area contributed by atoms with E-state index < -0.39 is 10.0 Å². The first kappa shape index (κ1) is 14.0. The second-order valence-corrected chi connectivity index (χ2v) is 6.87. The van der Waals surface area contributed by atoms with Crippen LogP contribution in [0.2, 0.25) is 0 Å². The number of sulfonamides is 1. The molecule has 0 aliphatic rings. The lowest BCUT2D eigenvalue weighted by Gasteiger charge is -2.06. The zero-order chi connectivity index (χ0) is 13.7. The normalized spacial score (nSPS) is 11.4. The van der Waals surface area contributed by atoms with Gasteiger partial charge in [-0.1, -0.05) is 18.2 Å². The molecule has 19 heavy (non-hydrogen) atoms. The maximum atomic E-state index is 11.9. The fourth-order valence-corrected chi connectivity index (χ4v) is 3.71. The molecule has 0 spiro atoms. The third-order valence-electron chi connectivity index (χ3n) is 2.60. The van der Waals surface area contributed by atoms with Crippen LogP contribution in [0.4, 0.5) is 0 Å². The van der Waals surface area contributed by atoms with Crippen LogP contribution in [-0.2, 0) is 16.4 Å². The van der Waals surface area contributed by atoms with Crippen LogP contribution < -0.4 is 9.46 Å². The first-order valence-corrected chi connectivity index (χ1v) is 8.14. The number of methoxy groups -OCH3 is 1. The average molecular weight is 297 g/mol. The number of benzene rings is 1. The summed E-state index contributed by atoms with van der Waals surface area (Å²) in [4.78, 5) is 0. The van der Waals surface area contributed by atoms with Crippen LogP contribution in [0.1, 0.15) is 5.56 Å². The SMILES string of the molecule is COc1cccc(CCNS(=O)(=O)c2cccs2)c1. The molecule has 0 bridgehead atoms. The maximum Gasteiger partial charge on any atom is 0.250 e. The number of ether oxygens (including phenoxy) is 1. The van der Waals surface area contributed by atoms with Crippen molar-refractivity contribution < 1.29 is 13.2 Å². The van der Waals surface area contributed by atoms with Crippen molar-refractivity contribution in [2.24, 2.45) is 0 Å². The third-order valence-corrected chi connectivity index (χ3v) is 5.46. The summed E-state index contributed by atoms with van der Waals surface area (Å²) in [6.07, 6.45) is 0.627. The molecule has 0 aliphatic heterocycles. The highest BCUT2D eigenvalue weighted by atomic mass is 32.2. The molecule has 0 atom stereocenters. The van der Waals surface area contributed by atoms with Crippen LogP contribution in [0.5, 0.6) is 5.75 Å². The van der Waals surface area contributed by atoms with Crippen molar-refractivity contribution in [1.29, 1.82) is 0 Å². The zero-order valence-electron chi connectivity index (χ0n) is 10.5. The van der Waals surface area contributed by atoms with Gasteiger partial charge in [0.1, 0.15) is 9.96 Å². The van der Waals surface area contributed by atoms with Gasteiger partial charge in [0.2, 0.25) is 10.0 Å². The molecule has 102 valence electrons. The molecular formula is C13H15NO3S2. The van der Waals surface area contributed by atoms with Gasteiger partial charge < -0.3 is 4.74 Å². The van der Waals surface area contributed by atoms with E-state index in [1.54, 1.807) is 24.6 Å². The first-order chi connectivity index (χ1) is 9.12. The standard InChI is InChI=1S/C13H15NO3S2/c1-17-12-5-2-4-11(10-12)7-8-14-19(15,16)13-6-3-9-18-13/h2-6,9-10,14H,7-8H2,1H3. The van der Waals surface area contributed by atoms with Gasteiger partial charge in [-0.15, -0.1) is 11.3 Å². The smallest absolute Gasteiger partial charge is 0.250 e. The predicted octanol–water partition coefficient (Wildman–Crippen LogP) is 2.28. The molecule has 2 aromatic rings.